The number of carbonyl (C=O) groups is 1. The van der Waals surface area contributed by atoms with Crippen molar-refractivity contribution in [2.24, 2.45) is 0 Å². The minimum Gasteiger partial charge on any atom is -0.369 e. The molecule has 32 heavy (non-hydrogen) atoms. The number of hydrogen-bond donors (Lipinski definition) is 1. The third-order valence-corrected chi connectivity index (χ3v) is 6.94. The maximum atomic E-state index is 13.3. The molecule has 6 nitrogen and oxygen atoms in total. The van der Waals surface area contributed by atoms with Crippen molar-refractivity contribution in [3.8, 4) is 5.69 Å². The highest BCUT2D eigenvalue weighted by Gasteiger charge is 2.18. The van der Waals surface area contributed by atoms with Gasteiger partial charge in [0.25, 0.3) is 5.91 Å². The lowest BCUT2D eigenvalue weighted by Crippen LogP contribution is -2.44. The van der Waals surface area contributed by atoms with E-state index in [1.165, 1.54) is 29.2 Å². The number of carbonyl (C=O) groups excluding carboxylic acids is 1. The Labute approximate surface area is 189 Å². The van der Waals surface area contributed by atoms with E-state index in [-0.39, 0.29) is 11.7 Å². The van der Waals surface area contributed by atoms with Crippen molar-refractivity contribution in [2.45, 2.75) is 6.92 Å². The summed E-state index contributed by atoms with van der Waals surface area (Å²) in [6, 6.07) is 16.1. The Morgan fingerprint density at radius 1 is 1.00 bits per heavy atom. The van der Waals surface area contributed by atoms with E-state index in [0.29, 0.717) is 4.88 Å². The van der Waals surface area contributed by atoms with Crippen LogP contribution in [0.3, 0.4) is 0 Å². The van der Waals surface area contributed by atoms with Crippen molar-refractivity contribution in [1.29, 1.82) is 0 Å². The summed E-state index contributed by atoms with van der Waals surface area (Å²) in [6.45, 7) is 6.04. The van der Waals surface area contributed by atoms with Crippen LogP contribution in [0.1, 0.15) is 15.4 Å². The molecule has 8 heteroatoms. The summed E-state index contributed by atoms with van der Waals surface area (Å²) in [5.41, 5.74) is 3.53. The number of aromatic nitrogens is 2. The van der Waals surface area contributed by atoms with Crippen LogP contribution in [0.15, 0.2) is 54.6 Å². The van der Waals surface area contributed by atoms with Crippen molar-refractivity contribution >= 4 is 38.8 Å². The number of piperazine rings is 1. The number of halogens is 1. The van der Waals surface area contributed by atoms with Gasteiger partial charge in [0.05, 0.1) is 16.3 Å². The topological polar surface area (TPSA) is 53.4 Å². The zero-order valence-corrected chi connectivity index (χ0v) is 18.8. The molecule has 1 amide bonds. The molecule has 0 atom stereocenters. The molecular formula is C24H24FN5OS. The minimum atomic E-state index is -0.293. The number of benzene rings is 2. The van der Waals surface area contributed by atoms with E-state index < -0.39 is 0 Å². The number of likely N-dealkylation sites (N-methyl/N-ethyl adjacent to an activating group) is 1. The zero-order chi connectivity index (χ0) is 22.2. The van der Waals surface area contributed by atoms with Gasteiger partial charge in [0.1, 0.15) is 10.6 Å². The van der Waals surface area contributed by atoms with Crippen LogP contribution < -0.4 is 10.2 Å². The Hall–Kier alpha value is -3.23. The number of nitrogens with zero attached hydrogens (tertiary/aromatic N) is 4. The summed E-state index contributed by atoms with van der Waals surface area (Å²) in [5, 5.41) is 8.48. The van der Waals surface area contributed by atoms with Crippen LogP contribution in [-0.4, -0.2) is 53.8 Å². The van der Waals surface area contributed by atoms with Crippen molar-refractivity contribution in [3.05, 3.63) is 71.0 Å². The molecule has 1 saturated heterocycles. The molecule has 2 aromatic carbocycles. The van der Waals surface area contributed by atoms with E-state index in [1.807, 2.05) is 25.1 Å². The molecule has 0 spiro atoms. The summed E-state index contributed by atoms with van der Waals surface area (Å²) < 4.78 is 15.1. The van der Waals surface area contributed by atoms with E-state index in [9.17, 15) is 9.18 Å². The standard InChI is InChI=1S/C24H24FN5OS/c1-16-21-15-22(32-24(21)30(27-16)20-7-3-17(25)4-8-20)23(31)26-18-5-9-19(10-6-18)29-13-11-28(2)12-14-29/h3-10,15H,11-14H2,1-2H3,(H,26,31). The maximum Gasteiger partial charge on any atom is 0.265 e. The lowest BCUT2D eigenvalue weighted by molar-refractivity contribution is 0.103. The largest absolute Gasteiger partial charge is 0.369 e. The number of anilines is 2. The number of hydrogen-bond acceptors (Lipinski definition) is 5. The van der Waals surface area contributed by atoms with Crippen molar-refractivity contribution < 1.29 is 9.18 Å². The highest BCUT2D eigenvalue weighted by molar-refractivity contribution is 7.20. The van der Waals surface area contributed by atoms with E-state index in [0.717, 1.165) is 53.5 Å². The van der Waals surface area contributed by atoms with E-state index in [4.69, 9.17) is 0 Å². The van der Waals surface area contributed by atoms with Gasteiger partial charge in [0, 0.05) is 42.9 Å². The number of fused-ring (bicyclic) bond motifs is 1. The predicted octanol–water partition coefficient (Wildman–Crippen LogP) is 4.54. The molecule has 1 fully saturated rings. The quantitative estimate of drug-likeness (QED) is 0.497. The van der Waals surface area contributed by atoms with Gasteiger partial charge in [-0.2, -0.15) is 5.10 Å². The Morgan fingerprint density at radius 2 is 1.66 bits per heavy atom. The Bertz CT molecular complexity index is 1250. The average Bonchev–Trinajstić information content (AvgIpc) is 3.36. The van der Waals surface area contributed by atoms with E-state index >= 15 is 0 Å². The van der Waals surface area contributed by atoms with Gasteiger partial charge in [-0.3, -0.25) is 4.79 Å². The van der Waals surface area contributed by atoms with Crippen LogP contribution in [0.4, 0.5) is 15.8 Å². The van der Waals surface area contributed by atoms with Gasteiger partial charge in [0.15, 0.2) is 0 Å². The summed E-state index contributed by atoms with van der Waals surface area (Å²) in [4.78, 5) is 19.1. The molecule has 2 aromatic heterocycles. The lowest BCUT2D eigenvalue weighted by Gasteiger charge is -2.34. The van der Waals surface area contributed by atoms with Gasteiger partial charge < -0.3 is 15.1 Å². The molecule has 1 aliphatic rings. The first kappa shape index (κ1) is 20.7. The van der Waals surface area contributed by atoms with E-state index in [2.05, 4.69) is 39.4 Å². The van der Waals surface area contributed by atoms with Gasteiger partial charge in [-0.25, -0.2) is 9.07 Å². The molecule has 4 aromatic rings. The molecule has 5 rings (SSSR count). The normalized spacial score (nSPS) is 14.8. The molecule has 164 valence electrons. The van der Waals surface area contributed by atoms with Crippen molar-refractivity contribution in [1.82, 2.24) is 14.7 Å². The Balaban J connectivity index is 1.34. The second kappa shape index (κ2) is 8.37. The average molecular weight is 450 g/mol. The highest BCUT2D eigenvalue weighted by atomic mass is 32.1. The molecule has 3 heterocycles. The maximum absolute atomic E-state index is 13.3. The summed E-state index contributed by atoms with van der Waals surface area (Å²) in [7, 11) is 2.14. The second-order valence-corrected chi connectivity index (χ2v) is 9.13. The van der Waals surface area contributed by atoms with Gasteiger partial charge in [-0.05, 0) is 68.6 Å². The van der Waals surface area contributed by atoms with Crippen LogP contribution in [-0.2, 0) is 0 Å². The molecule has 0 unspecified atom stereocenters. The first-order valence-corrected chi connectivity index (χ1v) is 11.4. The smallest absolute Gasteiger partial charge is 0.265 e. The third-order valence-electron chi connectivity index (χ3n) is 5.83. The number of amides is 1. The number of aryl methyl sites for hydroxylation is 1. The fourth-order valence-electron chi connectivity index (χ4n) is 3.93. The highest BCUT2D eigenvalue weighted by Crippen LogP contribution is 2.31. The number of thiophene rings is 1. The van der Waals surface area contributed by atoms with Crippen LogP contribution in [0, 0.1) is 12.7 Å². The number of rotatable bonds is 4. The number of nitrogens with one attached hydrogen (secondary N) is 1. The van der Waals surface area contributed by atoms with Gasteiger partial charge >= 0.3 is 0 Å². The summed E-state index contributed by atoms with van der Waals surface area (Å²) in [6.07, 6.45) is 0. The second-order valence-electron chi connectivity index (χ2n) is 8.09. The minimum absolute atomic E-state index is 0.149. The monoisotopic (exact) mass is 449 g/mol. The third kappa shape index (κ3) is 3.99. The molecule has 0 radical (unpaired) electrons. The SMILES string of the molecule is Cc1nn(-c2ccc(F)cc2)c2sc(C(=O)Nc3ccc(N4CCN(C)CC4)cc3)cc12. The van der Waals surface area contributed by atoms with E-state index in [1.54, 1.807) is 16.8 Å². The molecule has 1 N–H and O–H groups in total. The van der Waals surface area contributed by atoms with Crippen LogP contribution in [0.2, 0.25) is 0 Å². The fraction of sp³-hybridized carbons (Fsp3) is 0.250. The van der Waals surface area contributed by atoms with Crippen LogP contribution in [0.5, 0.6) is 0 Å². The lowest BCUT2D eigenvalue weighted by atomic mass is 10.2. The molecule has 0 aliphatic carbocycles. The summed E-state index contributed by atoms with van der Waals surface area (Å²) >= 11 is 1.38. The molecule has 1 aliphatic heterocycles. The zero-order valence-electron chi connectivity index (χ0n) is 18.0. The molecule has 0 bridgehead atoms. The molecular weight excluding hydrogens is 425 g/mol. The van der Waals surface area contributed by atoms with Crippen molar-refractivity contribution in [2.75, 3.05) is 43.4 Å². The molecule has 0 saturated carbocycles. The fourth-order valence-corrected chi connectivity index (χ4v) is 5.01. The predicted molar refractivity (Wildman–Crippen MR) is 128 cm³/mol. The van der Waals surface area contributed by atoms with Crippen molar-refractivity contribution in [3.63, 3.8) is 0 Å². The van der Waals surface area contributed by atoms with Crippen LogP contribution in [0.25, 0.3) is 15.9 Å². The van der Waals surface area contributed by atoms with Gasteiger partial charge in [-0.15, -0.1) is 11.3 Å². The van der Waals surface area contributed by atoms with Gasteiger partial charge in [0.2, 0.25) is 0 Å². The Morgan fingerprint density at radius 3 is 2.34 bits per heavy atom. The Kier molecular flexibility index (Phi) is 5.40. The van der Waals surface area contributed by atoms with Crippen LogP contribution >= 0.6 is 11.3 Å². The first-order valence-electron chi connectivity index (χ1n) is 10.6. The summed E-state index contributed by atoms with van der Waals surface area (Å²) in [5.74, 6) is -0.442. The van der Waals surface area contributed by atoms with Gasteiger partial charge in [-0.1, -0.05) is 0 Å². The first-order chi connectivity index (χ1) is 15.5.